The fourth-order valence-corrected chi connectivity index (χ4v) is 3.33. The molecule has 2 fully saturated rings. The van der Waals surface area contributed by atoms with Crippen LogP contribution in [0, 0.1) is 0 Å². The Balaban J connectivity index is 0.00000243. The van der Waals surface area contributed by atoms with Crippen molar-refractivity contribution in [2.45, 2.75) is 12.5 Å². The molecule has 0 unspecified atom stereocenters. The fraction of sp³-hybridized carbons (Fsp3) is 0.500. The van der Waals surface area contributed by atoms with E-state index in [1.165, 1.54) is 9.80 Å². The molecule has 0 radical (unpaired) electrons. The normalized spacial score (nSPS) is 20.8. The number of halogens is 1. The third-order valence-electron chi connectivity index (χ3n) is 4.78. The number of nitrogens with zero attached hydrogens (tertiary/aromatic N) is 3. The van der Waals surface area contributed by atoms with E-state index in [0.717, 1.165) is 18.7 Å². The maximum Gasteiger partial charge on any atom is 0.245 e. The Bertz CT molecular complexity index is 649. The highest BCUT2D eigenvalue weighted by Gasteiger charge is 2.39. The third kappa shape index (κ3) is 4.53. The molecule has 1 atom stereocenters. The van der Waals surface area contributed by atoms with Crippen LogP contribution in [0.25, 0.3) is 0 Å². The average Bonchev–Trinajstić information content (AvgIpc) is 2.64. The number of hydrogen-bond donors (Lipinski definition) is 1. The zero-order valence-corrected chi connectivity index (χ0v) is 15.7. The van der Waals surface area contributed by atoms with Gasteiger partial charge in [-0.15, -0.1) is 12.4 Å². The van der Waals surface area contributed by atoms with E-state index < -0.39 is 6.04 Å². The summed E-state index contributed by atoms with van der Waals surface area (Å²) in [5.41, 5.74) is 0.976. The molecule has 0 aromatic heterocycles. The van der Waals surface area contributed by atoms with Gasteiger partial charge < -0.3 is 20.0 Å². The number of amides is 3. The highest BCUT2D eigenvalue weighted by Crippen LogP contribution is 2.17. The van der Waals surface area contributed by atoms with Gasteiger partial charge in [0.25, 0.3) is 0 Å². The highest BCUT2D eigenvalue weighted by molar-refractivity contribution is 5.97. The predicted octanol–water partition coefficient (Wildman–Crippen LogP) is -0.248. The molecule has 8 heteroatoms. The highest BCUT2D eigenvalue weighted by atomic mass is 35.5. The molecule has 3 amide bonds. The number of rotatable bonds is 4. The van der Waals surface area contributed by atoms with Gasteiger partial charge in [0.15, 0.2) is 0 Å². The Morgan fingerprint density at radius 3 is 2.46 bits per heavy atom. The van der Waals surface area contributed by atoms with Crippen molar-refractivity contribution >= 4 is 30.1 Å². The summed E-state index contributed by atoms with van der Waals surface area (Å²) in [5, 5.41) is 3.20. The lowest BCUT2D eigenvalue weighted by Gasteiger charge is -2.39. The molecule has 0 aliphatic carbocycles. The van der Waals surface area contributed by atoms with Crippen molar-refractivity contribution in [3.8, 4) is 0 Å². The molecule has 142 valence electrons. The molecule has 0 bridgehead atoms. The summed E-state index contributed by atoms with van der Waals surface area (Å²) in [4.78, 5) is 42.4. The van der Waals surface area contributed by atoms with E-state index in [1.807, 2.05) is 30.3 Å². The summed E-state index contributed by atoms with van der Waals surface area (Å²) in [6, 6.07) is 8.97. The first-order valence-electron chi connectivity index (χ1n) is 8.63. The number of hydrogen-bond acceptors (Lipinski definition) is 4. The van der Waals surface area contributed by atoms with Crippen LogP contribution in [0.1, 0.15) is 5.56 Å². The van der Waals surface area contributed by atoms with Crippen LogP contribution in [0.15, 0.2) is 30.3 Å². The van der Waals surface area contributed by atoms with Crippen LogP contribution in [0.5, 0.6) is 0 Å². The topological polar surface area (TPSA) is 73.0 Å². The van der Waals surface area contributed by atoms with Crippen LogP contribution >= 0.6 is 12.4 Å². The maximum atomic E-state index is 12.6. The molecule has 2 heterocycles. The number of benzene rings is 1. The summed E-state index contributed by atoms with van der Waals surface area (Å²) in [7, 11) is 1.63. The number of nitrogens with one attached hydrogen (secondary N) is 1. The van der Waals surface area contributed by atoms with E-state index in [2.05, 4.69) is 5.32 Å². The number of piperazine rings is 2. The van der Waals surface area contributed by atoms with Crippen molar-refractivity contribution in [3.63, 3.8) is 0 Å². The molecule has 26 heavy (non-hydrogen) atoms. The lowest BCUT2D eigenvalue weighted by atomic mass is 10.0. The molecule has 1 N–H and O–H groups in total. The van der Waals surface area contributed by atoms with Crippen molar-refractivity contribution in [2.24, 2.45) is 0 Å². The Hall–Kier alpha value is -2.12. The second kappa shape index (κ2) is 9.00. The smallest absolute Gasteiger partial charge is 0.245 e. The van der Waals surface area contributed by atoms with Crippen LogP contribution in [0.2, 0.25) is 0 Å². The third-order valence-corrected chi connectivity index (χ3v) is 4.78. The van der Waals surface area contributed by atoms with Crippen molar-refractivity contribution in [1.82, 2.24) is 20.0 Å². The van der Waals surface area contributed by atoms with Gasteiger partial charge in [-0.3, -0.25) is 14.4 Å². The first-order valence-corrected chi connectivity index (χ1v) is 8.63. The fourth-order valence-electron chi connectivity index (χ4n) is 3.33. The molecule has 0 saturated carbocycles. The molecule has 1 aromatic rings. The van der Waals surface area contributed by atoms with E-state index in [0.29, 0.717) is 19.5 Å². The van der Waals surface area contributed by atoms with Gasteiger partial charge in [0.1, 0.15) is 12.6 Å². The van der Waals surface area contributed by atoms with Gasteiger partial charge in [0.05, 0.1) is 6.54 Å². The predicted molar refractivity (Wildman–Crippen MR) is 100.0 cm³/mol. The second-order valence-electron chi connectivity index (χ2n) is 6.55. The monoisotopic (exact) mass is 380 g/mol. The van der Waals surface area contributed by atoms with Crippen LogP contribution in [-0.4, -0.2) is 84.8 Å². The summed E-state index contributed by atoms with van der Waals surface area (Å²) in [6.45, 7) is 2.79. The van der Waals surface area contributed by atoms with Gasteiger partial charge in [-0.25, -0.2) is 0 Å². The van der Waals surface area contributed by atoms with Crippen molar-refractivity contribution in [1.29, 1.82) is 0 Å². The summed E-state index contributed by atoms with van der Waals surface area (Å²) < 4.78 is 0. The minimum atomic E-state index is -0.625. The zero-order valence-electron chi connectivity index (χ0n) is 14.9. The van der Waals surface area contributed by atoms with Gasteiger partial charge in [-0.1, -0.05) is 30.3 Å². The van der Waals surface area contributed by atoms with Gasteiger partial charge in [-0.05, 0) is 5.56 Å². The van der Waals surface area contributed by atoms with E-state index >= 15 is 0 Å². The van der Waals surface area contributed by atoms with Gasteiger partial charge in [0.2, 0.25) is 17.7 Å². The molecule has 1 aromatic carbocycles. The average molecular weight is 381 g/mol. The SMILES string of the molecule is CN1CC(=O)N(CC(=O)N2CCNCC2)[C@@H](Cc2ccccc2)C1=O.Cl. The van der Waals surface area contributed by atoms with Crippen LogP contribution in [0.4, 0.5) is 0 Å². The summed E-state index contributed by atoms with van der Waals surface area (Å²) in [6.07, 6.45) is 0.421. The lowest BCUT2D eigenvalue weighted by Crippen LogP contribution is -2.62. The lowest BCUT2D eigenvalue weighted by molar-refractivity contribution is -0.157. The molecule has 2 aliphatic heterocycles. The number of likely N-dealkylation sites (N-methyl/N-ethyl adjacent to an activating group) is 1. The molecule has 2 saturated heterocycles. The van der Waals surface area contributed by atoms with Crippen molar-refractivity contribution in [2.75, 3.05) is 46.3 Å². The Kier molecular flexibility index (Phi) is 6.99. The zero-order chi connectivity index (χ0) is 17.8. The Labute approximate surface area is 159 Å². The summed E-state index contributed by atoms with van der Waals surface area (Å²) in [5.74, 6) is -0.381. The van der Waals surface area contributed by atoms with Crippen LogP contribution < -0.4 is 5.32 Å². The van der Waals surface area contributed by atoms with Gasteiger partial charge >= 0.3 is 0 Å². The van der Waals surface area contributed by atoms with E-state index in [-0.39, 0.29) is 43.2 Å². The first-order chi connectivity index (χ1) is 12.1. The molecule has 0 spiro atoms. The van der Waals surface area contributed by atoms with Crippen LogP contribution in [0.3, 0.4) is 0 Å². The minimum Gasteiger partial charge on any atom is -0.339 e. The van der Waals surface area contributed by atoms with E-state index in [4.69, 9.17) is 0 Å². The van der Waals surface area contributed by atoms with E-state index in [1.54, 1.807) is 11.9 Å². The van der Waals surface area contributed by atoms with E-state index in [9.17, 15) is 14.4 Å². The molecular weight excluding hydrogens is 356 g/mol. The van der Waals surface area contributed by atoms with Crippen molar-refractivity contribution in [3.05, 3.63) is 35.9 Å². The van der Waals surface area contributed by atoms with Gasteiger partial charge in [0, 0.05) is 39.6 Å². The quantitative estimate of drug-likeness (QED) is 0.782. The largest absolute Gasteiger partial charge is 0.339 e. The molecule has 2 aliphatic rings. The number of carbonyl (C=O) groups excluding carboxylic acids is 3. The Morgan fingerprint density at radius 2 is 1.81 bits per heavy atom. The molecular formula is C18H25ClN4O3. The van der Waals surface area contributed by atoms with Crippen LogP contribution in [-0.2, 0) is 20.8 Å². The van der Waals surface area contributed by atoms with Gasteiger partial charge in [-0.2, -0.15) is 0 Å². The second-order valence-corrected chi connectivity index (χ2v) is 6.55. The first kappa shape index (κ1) is 20.2. The number of carbonyl (C=O) groups is 3. The Morgan fingerprint density at radius 1 is 1.15 bits per heavy atom. The maximum absolute atomic E-state index is 12.6. The minimum absolute atomic E-state index is 0. The van der Waals surface area contributed by atoms with Crippen molar-refractivity contribution < 1.29 is 14.4 Å². The molecule has 3 rings (SSSR count). The standard InChI is InChI=1S/C18H24N4O3.ClH/c1-20-12-17(24)22(13-16(23)21-9-7-19-8-10-21)15(18(20)25)11-14-5-3-2-4-6-14;/h2-6,15,19H,7-13H2,1H3;1H/t15-;/m0./s1. The summed E-state index contributed by atoms with van der Waals surface area (Å²) >= 11 is 0. The molecule has 7 nitrogen and oxygen atoms in total.